The van der Waals surface area contributed by atoms with E-state index >= 15 is 0 Å². The van der Waals surface area contributed by atoms with E-state index in [9.17, 15) is 14.3 Å². The van der Waals surface area contributed by atoms with E-state index in [1.54, 1.807) is 29.3 Å². The van der Waals surface area contributed by atoms with Crippen LogP contribution in [0.15, 0.2) is 40.6 Å². The summed E-state index contributed by atoms with van der Waals surface area (Å²) in [4.78, 5) is 21.3. The van der Waals surface area contributed by atoms with Crippen LogP contribution in [0.4, 0.5) is 9.18 Å². The summed E-state index contributed by atoms with van der Waals surface area (Å²) in [5.41, 5.74) is 0.809. The van der Waals surface area contributed by atoms with E-state index in [0.29, 0.717) is 25.3 Å². The van der Waals surface area contributed by atoms with Gasteiger partial charge in [-0.1, -0.05) is 0 Å². The molecule has 32 heavy (non-hydrogen) atoms. The number of nitrogens with zero attached hydrogens (tertiary/aromatic N) is 5. The number of hydrazone groups is 1. The van der Waals surface area contributed by atoms with Crippen LogP contribution in [-0.2, 0) is 0 Å². The fourth-order valence-electron chi connectivity index (χ4n) is 4.82. The Morgan fingerprint density at radius 3 is 2.97 bits per heavy atom. The number of carbonyl (C=O) groups excluding carboxylic acids is 1. The minimum atomic E-state index is -0.469. The van der Waals surface area contributed by atoms with Gasteiger partial charge in [0.25, 0.3) is 0 Å². The quantitative estimate of drug-likeness (QED) is 0.743. The van der Waals surface area contributed by atoms with Crippen molar-refractivity contribution < 1.29 is 19.0 Å². The van der Waals surface area contributed by atoms with Crippen LogP contribution in [0.5, 0.6) is 5.75 Å². The Labute approximate surface area is 185 Å². The zero-order valence-corrected chi connectivity index (χ0v) is 17.9. The largest absolute Gasteiger partial charge is 0.496 e. The number of urea groups is 1. The number of hydrogen-bond donors (Lipinski definition) is 2. The lowest BCUT2D eigenvalue weighted by atomic mass is 10.0. The van der Waals surface area contributed by atoms with Crippen LogP contribution >= 0.6 is 0 Å². The summed E-state index contributed by atoms with van der Waals surface area (Å²) in [6.07, 6.45) is 7.00. The number of benzene rings is 1. The van der Waals surface area contributed by atoms with Crippen molar-refractivity contribution in [3.63, 3.8) is 0 Å². The average molecular weight is 442 g/mol. The molecule has 4 heterocycles. The molecule has 2 saturated heterocycles. The zero-order valence-electron chi connectivity index (χ0n) is 17.9. The Bertz CT molecular complexity index is 982. The van der Waals surface area contributed by atoms with E-state index in [1.165, 1.54) is 12.1 Å². The number of nitrogens with one attached hydrogen (secondary N) is 1. The summed E-state index contributed by atoms with van der Waals surface area (Å²) >= 11 is 0. The minimum Gasteiger partial charge on any atom is -0.496 e. The molecule has 10 heteroatoms. The lowest BCUT2D eigenvalue weighted by molar-refractivity contribution is 0.169. The highest BCUT2D eigenvalue weighted by Gasteiger charge is 2.37. The van der Waals surface area contributed by atoms with Crippen LogP contribution in [-0.4, -0.2) is 83.1 Å². The monoisotopic (exact) mass is 442 g/mol. The Morgan fingerprint density at radius 1 is 1.31 bits per heavy atom. The number of methoxy groups -OCH3 is 1. The zero-order chi connectivity index (χ0) is 22.2. The number of β-amino-alcohol motifs (C(OH)–C–C–N with tert-alkyl or cyclic N) is 1. The molecule has 1 aromatic carbocycles. The minimum absolute atomic E-state index is 0.0444. The number of amides is 2. The first-order chi connectivity index (χ1) is 15.5. The van der Waals surface area contributed by atoms with Gasteiger partial charge in [0.1, 0.15) is 23.4 Å². The Morgan fingerprint density at radius 2 is 2.19 bits per heavy atom. The number of aliphatic hydroxyl groups excluding tert-OH is 1. The molecule has 0 aliphatic carbocycles. The molecule has 170 valence electrons. The van der Waals surface area contributed by atoms with Gasteiger partial charge in [-0.2, -0.15) is 5.10 Å². The Balaban J connectivity index is 1.34. The summed E-state index contributed by atoms with van der Waals surface area (Å²) in [6, 6.07) is 3.94. The molecule has 9 nitrogen and oxygen atoms in total. The molecular formula is C22H27FN6O3. The van der Waals surface area contributed by atoms with Crippen LogP contribution in [0.2, 0.25) is 0 Å². The third-order valence-electron chi connectivity index (χ3n) is 6.43. The van der Waals surface area contributed by atoms with Gasteiger partial charge in [0.15, 0.2) is 6.17 Å². The molecule has 0 radical (unpaired) electrons. The van der Waals surface area contributed by atoms with Crippen LogP contribution in [0.3, 0.4) is 0 Å². The summed E-state index contributed by atoms with van der Waals surface area (Å²) in [5.74, 6) is 1.15. The molecule has 2 N–H and O–H groups in total. The third kappa shape index (κ3) is 3.79. The molecule has 0 bridgehead atoms. The number of hydrogen-bond acceptors (Lipinski definition) is 7. The maximum absolute atomic E-state index is 14.0. The van der Waals surface area contributed by atoms with Gasteiger partial charge in [-0.05, 0) is 43.5 Å². The topological polar surface area (TPSA) is 93.0 Å². The van der Waals surface area contributed by atoms with Gasteiger partial charge in [-0.15, -0.1) is 0 Å². The number of carbonyl (C=O) groups is 1. The van der Waals surface area contributed by atoms with Crippen molar-refractivity contribution in [3.8, 4) is 5.75 Å². The lowest BCUT2D eigenvalue weighted by Crippen LogP contribution is -2.51. The summed E-state index contributed by atoms with van der Waals surface area (Å²) in [7, 11) is 1.59. The lowest BCUT2D eigenvalue weighted by Gasteiger charge is -2.33. The van der Waals surface area contributed by atoms with Gasteiger partial charge in [-0.3, -0.25) is 0 Å². The van der Waals surface area contributed by atoms with E-state index in [2.05, 4.69) is 15.3 Å². The van der Waals surface area contributed by atoms with Gasteiger partial charge >= 0.3 is 6.03 Å². The van der Waals surface area contributed by atoms with Crippen molar-refractivity contribution in [3.05, 3.63) is 41.9 Å². The second-order valence-corrected chi connectivity index (χ2v) is 8.46. The smallest absolute Gasteiger partial charge is 0.318 e. The molecule has 4 aliphatic rings. The predicted molar refractivity (Wildman–Crippen MR) is 117 cm³/mol. The second kappa shape index (κ2) is 8.42. The maximum atomic E-state index is 14.0. The Hall–Kier alpha value is -3.14. The number of ether oxygens (including phenoxy) is 1. The first-order valence-corrected chi connectivity index (χ1v) is 11.0. The van der Waals surface area contributed by atoms with E-state index < -0.39 is 6.10 Å². The molecular weight excluding hydrogens is 415 g/mol. The summed E-state index contributed by atoms with van der Waals surface area (Å²) in [6.45, 7) is 1.66. The number of halogens is 1. The highest BCUT2D eigenvalue weighted by Crippen LogP contribution is 2.38. The van der Waals surface area contributed by atoms with Crippen molar-refractivity contribution in [1.82, 2.24) is 20.1 Å². The first kappa shape index (κ1) is 20.7. The van der Waals surface area contributed by atoms with Crippen molar-refractivity contribution in [2.24, 2.45) is 10.1 Å². The van der Waals surface area contributed by atoms with Crippen molar-refractivity contribution >= 4 is 18.1 Å². The van der Waals surface area contributed by atoms with Crippen LogP contribution < -0.4 is 10.1 Å². The molecule has 4 aliphatic heterocycles. The fourth-order valence-corrected chi connectivity index (χ4v) is 4.82. The van der Waals surface area contributed by atoms with Gasteiger partial charge in [0.2, 0.25) is 0 Å². The molecule has 0 aromatic heterocycles. The van der Waals surface area contributed by atoms with E-state index in [-0.39, 0.29) is 30.1 Å². The van der Waals surface area contributed by atoms with Crippen molar-refractivity contribution in [1.29, 1.82) is 0 Å². The van der Waals surface area contributed by atoms with Crippen LogP contribution in [0.25, 0.3) is 0 Å². The second-order valence-electron chi connectivity index (χ2n) is 8.46. The van der Waals surface area contributed by atoms with Crippen LogP contribution in [0.1, 0.15) is 30.9 Å². The standard InChI is InChI=1S/C22H27FN6O3/c1-32-19-5-4-14(23)11-16(19)18-3-2-8-28(18)20-7-10-29-21(26-20)17(12-24-29)25-22(31)27-9-6-15(30)13-27/h4-5,7,10-12,15,17-18,21,30H,2-3,6,8-9,13H2,1H3,(H,25,31)/t15-,17?,18+,21?/m0/s1. The number of aliphatic hydroxyl groups is 1. The molecule has 2 unspecified atom stereocenters. The number of likely N-dealkylation sites (tertiary alicyclic amines) is 2. The fraction of sp³-hybridized carbons (Fsp3) is 0.500. The molecule has 1 aromatic rings. The number of amidine groups is 1. The van der Waals surface area contributed by atoms with Gasteiger partial charge in [-0.25, -0.2) is 19.2 Å². The van der Waals surface area contributed by atoms with Gasteiger partial charge in [0.05, 0.1) is 25.5 Å². The molecule has 0 saturated carbocycles. The van der Waals surface area contributed by atoms with E-state index in [4.69, 9.17) is 9.73 Å². The number of fused-ring (bicyclic) bond motifs is 1. The highest BCUT2D eigenvalue weighted by atomic mass is 19.1. The predicted octanol–water partition coefficient (Wildman–Crippen LogP) is 1.67. The summed E-state index contributed by atoms with van der Waals surface area (Å²) in [5, 5.41) is 18.8. The van der Waals surface area contributed by atoms with E-state index in [1.807, 2.05) is 12.3 Å². The SMILES string of the molecule is COc1ccc(F)cc1[C@H]1CCCN1C1=NC2C(NC(=O)N3CC[C@H](O)C3)C=NN2C=C1. The summed E-state index contributed by atoms with van der Waals surface area (Å²) < 4.78 is 19.5. The number of aliphatic imine (C=N–C) groups is 1. The van der Waals surface area contributed by atoms with Crippen molar-refractivity contribution in [2.45, 2.75) is 43.6 Å². The van der Waals surface area contributed by atoms with Crippen molar-refractivity contribution in [2.75, 3.05) is 26.7 Å². The highest BCUT2D eigenvalue weighted by molar-refractivity contribution is 5.95. The Kier molecular flexibility index (Phi) is 5.46. The third-order valence-corrected chi connectivity index (χ3v) is 6.43. The van der Waals surface area contributed by atoms with E-state index in [0.717, 1.165) is 30.8 Å². The average Bonchev–Trinajstić information content (AvgIpc) is 3.53. The molecule has 0 spiro atoms. The van der Waals surface area contributed by atoms with Gasteiger partial charge in [0, 0.05) is 31.4 Å². The molecule has 2 amide bonds. The van der Waals surface area contributed by atoms with Crippen LogP contribution in [0, 0.1) is 5.82 Å². The normalized spacial score (nSPS) is 28.8. The molecule has 2 fully saturated rings. The first-order valence-electron chi connectivity index (χ1n) is 11.0. The van der Waals surface area contributed by atoms with Gasteiger partial charge < -0.3 is 25.0 Å². The molecule has 4 atom stereocenters. The number of rotatable bonds is 3. The molecule has 5 rings (SSSR count). The maximum Gasteiger partial charge on any atom is 0.318 e.